The molecule has 0 aliphatic rings. The molecule has 120 valence electrons. The van der Waals surface area contributed by atoms with E-state index in [0.29, 0.717) is 17.1 Å². The molecule has 1 aromatic heterocycles. The third-order valence-electron chi connectivity index (χ3n) is 2.85. The van der Waals surface area contributed by atoms with Crippen molar-refractivity contribution in [1.29, 1.82) is 0 Å². The number of nitrogens with zero attached hydrogens (tertiary/aromatic N) is 2. The quantitative estimate of drug-likeness (QED) is 0.476. The number of carbonyl (C=O) groups is 1. The summed E-state index contributed by atoms with van der Waals surface area (Å²) >= 11 is 9.23. The third kappa shape index (κ3) is 4.20. The highest BCUT2D eigenvalue weighted by Gasteiger charge is 2.11. The molecular weight excluding hydrogens is 386 g/mol. The predicted molar refractivity (Wildman–Crippen MR) is 91.6 cm³/mol. The summed E-state index contributed by atoms with van der Waals surface area (Å²) in [5.41, 5.74) is 3.27. The van der Waals surface area contributed by atoms with Gasteiger partial charge in [0.2, 0.25) is 0 Å². The van der Waals surface area contributed by atoms with E-state index in [2.05, 4.69) is 31.4 Å². The van der Waals surface area contributed by atoms with Crippen molar-refractivity contribution in [3.8, 4) is 11.5 Å². The summed E-state index contributed by atoms with van der Waals surface area (Å²) in [7, 11) is 3.06. The second kappa shape index (κ2) is 7.94. The number of halogens is 2. The van der Waals surface area contributed by atoms with Gasteiger partial charge < -0.3 is 9.47 Å². The normalized spacial score (nSPS) is 10.6. The Morgan fingerprint density at radius 3 is 2.83 bits per heavy atom. The van der Waals surface area contributed by atoms with E-state index in [9.17, 15) is 4.79 Å². The van der Waals surface area contributed by atoms with E-state index in [-0.39, 0.29) is 10.7 Å². The van der Waals surface area contributed by atoms with Gasteiger partial charge in [-0.05, 0) is 24.3 Å². The first-order valence-electron chi connectivity index (χ1n) is 6.42. The topological polar surface area (TPSA) is 72.8 Å². The van der Waals surface area contributed by atoms with Crippen LogP contribution in [-0.2, 0) is 0 Å². The largest absolute Gasteiger partial charge is 0.493 e. The molecule has 0 fully saturated rings. The number of amides is 1. The number of benzene rings is 1. The lowest BCUT2D eigenvalue weighted by Gasteiger charge is -2.10. The summed E-state index contributed by atoms with van der Waals surface area (Å²) in [5.74, 6) is 0.596. The molecule has 1 N–H and O–H groups in total. The number of carbonyl (C=O) groups excluding carboxylic acids is 1. The van der Waals surface area contributed by atoms with Crippen molar-refractivity contribution in [1.82, 2.24) is 10.4 Å². The van der Waals surface area contributed by atoms with E-state index >= 15 is 0 Å². The van der Waals surface area contributed by atoms with Gasteiger partial charge in [-0.15, -0.1) is 0 Å². The van der Waals surface area contributed by atoms with Gasteiger partial charge in [0, 0.05) is 16.2 Å². The Morgan fingerprint density at radius 2 is 2.17 bits per heavy atom. The van der Waals surface area contributed by atoms with Crippen LogP contribution in [0.3, 0.4) is 0 Å². The molecule has 0 unspecified atom stereocenters. The molecule has 6 nitrogen and oxygen atoms in total. The number of nitrogens with one attached hydrogen (secondary N) is 1. The van der Waals surface area contributed by atoms with Crippen molar-refractivity contribution >= 4 is 39.7 Å². The summed E-state index contributed by atoms with van der Waals surface area (Å²) in [6.45, 7) is 0. The Labute approximate surface area is 146 Å². The fraction of sp³-hybridized carbons (Fsp3) is 0.133. The molecule has 0 aliphatic heterocycles. The minimum absolute atomic E-state index is 0.113. The molecule has 0 atom stereocenters. The molecule has 0 saturated carbocycles. The number of hydrazone groups is 1. The van der Waals surface area contributed by atoms with Crippen molar-refractivity contribution in [2.45, 2.75) is 0 Å². The first-order chi connectivity index (χ1) is 11.1. The molecule has 8 heteroatoms. The maximum absolute atomic E-state index is 12.0. The fourth-order valence-corrected chi connectivity index (χ4v) is 2.49. The molecule has 2 aromatic rings. The third-order valence-corrected chi connectivity index (χ3v) is 3.60. The highest BCUT2D eigenvalue weighted by Crippen LogP contribution is 2.33. The molecule has 2 rings (SSSR count). The summed E-state index contributed by atoms with van der Waals surface area (Å²) < 4.78 is 11.3. The van der Waals surface area contributed by atoms with Crippen LogP contribution in [0.4, 0.5) is 0 Å². The van der Waals surface area contributed by atoms with E-state index in [1.54, 1.807) is 24.3 Å². The van der Waals surface area contributed by atoms with Crippen LogP contribution < -0.4 is 14.9 Å². The Hall–Kier alpha value is -2.12. The molecule has 0 aliphatic carbocycles. The van der Waals surface area contributed by atoms with Crippen molar-refractivity contribution in [3.63, 3.8) is 0 Å². The highest BCUT2D eigenvalue weighted by atomic mass is 79.9. The van der Waals surface area contributed by atoms with E-state index in [0.717, 1.165) is 4.47 Å². The predicted octanol–water partition coefficient (Wildman–Crippen LogP) is 3.28. The molecule has 0 bridgehead atoms. The molecule has 1 amide bonds. The van der Waals surface area contributed by atoms with E-state index < -0.39 is 5.91 Å². The van der Waals surface area contributed by atoms with Crippen molar-refractivity contribution in [2.75, 3.05) is 14.2 Å². The maximum Gasteiger partial charge on any atom is 0.274 e. The minimum atomic E-state index is -0.458. The minimum Gasteiger partial charge on any atom is -0.493 e. The average Bonchev–Trinajstić information content (AvgIpc) is 2.54. The zero-order chi connectivity index (χ0) is 16.8. The smallest absolute Gasteiger partial charge is 0.274 e. The van der Waals surface area contributed by atoms with Crippen LogP contribution in [-0.4, -0.2) is 31.3 Å². The Bertz CT molecular complexity index is 753. The lowest BCUT2D eigenvalue weighted by molar-refractivity contribution is 0.0955. The van der Waals surface area contributed by atoms with Gasteiger partial charge in [-0.2, -0.15) is 5.10 Å². The number of methoxy groups -OCH3 is 2. The second-order valence-electron chi connectivity index (χ2n) is 4.27. The molecule has 23 heavy (non-hydrogen) atoms. The molecule has 1 aromatic carbocycles. The van der Waals surface area contributed by atoms with Gasteiger partial charge in [0.1, 0.15) is 5.15 Å². The summed E-state index contributed by atoms with van der Waals surface area (Å²) in [6.07, 6.45) is 2.95. The molecule has 0 spiro atoms. The Kier molecular flexibility index (Phi) is 5.95. The van der Waals surface area contributed by atoms with Crippen LogP contribution in [0.1, 0.15) is 15.9 Å². The van der Waals surface area contributed by atoms with Gasteiger partial charge in [-0.3, -0.25) is 4.79 Å². The SMILES string of the molecule is COc1cc(Br)cc(C=NNC(=O)c2cccnc2Cl)c1OC. The van der Waals surface area contributed by atoms with Gasteiger partial charge in [0.25, 0.3) is 5.91 Å². The maximum atomic E-state index is 12.0. The van der Waals surface area contributed by atoms with Crippen LogP contribution >= 0.6 is 27.5 Å². The summed E-state index contributed by atoms with van der Waals surface area (Å²) in [6, 6.07) is 6.73. The number of pyridine rings is 1. The van der Waals surface area contributed by atoms with Crippen molar-refractivity contribution < 1.29 is 14.3 Å². The van der Waals surface area contributed by atoms with Crippen LogP contribution in [0.2, 0.25) is 5.15 Å². The van der Waals surface area contributed by atoms with Gasteiger partial charge in [0.15, 0.2) is 11.5 Å². The van der Waals surface area contributed by atoms with Gasteiger partial charge >= 0.3 is 0 Å². The lowest BCUT2D eigenvalue weighted by Crippen LogP contribution is -2.18. The Morgan fingerprint density at radius 1 is 1.39 bits per heavy atom. The zero-order valence-corrected chi connectivity index (χ0v) is 14.7. The van der Waals surface area contributed by atoms with E-state index in [1.807, 2.05) is 0 Å². The van der Waals surface area contributed by atoms with Crippen molar-refractivity contribution in [2.24, 2.45) is 5.10 Å². The van der Waals surface area contributed by atoms with Crippen LogP contribution in [0, 0.1) is 0 Å². The van der Waals surface area contributed by atoms with Gasteiger partial charge in [-0.1, -0.05) is 27.5 Å². The van der Waals surface area contributed by atoms with Gasteiger partial charge in [0.05, 0.1) is 26.0 Å². The number of ether oxygens (including phenoxy) is 2. The number of hydrogen-bond acceptors (Lipinski definition) is 5. The average molecular weight is 399 g/mol. The lowest BCUT2D eigenvalue weighted by atomic mass is 10.2. The summed E-state index contributed by atoms with van der Waals surface area (Å²) in [4.78, 5) is 15.8. The van der Waals surface area contributed by atoms with E-state index in [1.165, 1.54) is 26.6 Å². The summed E-state index contributed by atoms with van der Waals surface area (Å²) in [5, 5.41) is 4.03. The number of hydrogen-bond donors (Lipinski definition) is 1. The number of rotatable bonds is 5. The first kappa shape index (κ1) is 17.2. The molecule has 0 radical (unpaired) electrons. The van der Waals surface area contributed by atoms with Gasteiger partial charge in [-0.25, -0.2) is 10.4 Å². The molecule has 1 heterocycles. The monoisotopic (exact) mass is 397 g/mol. The van der Waals surface area contributed by atoms with Crippen LogP contribution in [0.5, 0.6) is 11.5 Å². The zero-order valence-electron chi connectivity index (χ0n) is 12.3. The first-order valence-corrected chi connectivity index (χ1v) is 7.59. The fourth-order valence-electron chi connectivity index (χ4n) is 1.83. The second-order valence-corrected chi connectivity index (χ2v) is 5.55. The molecular formula is C15H13BrClN3O3. The van der Waals surface area contributed by atoms with Crippen LogP contribution in [0.25, 0.3) is 0 Å². The van der Waals surface area contributed by atoms with E-state index in [4.69, 9.17) is 21.1 Å². The molecule has 0 saturated heterocycles. The van der Waals surface area contributed by atoms with Crippen LogP contribution in [0.15, 0.2) is 40.0 Å². The highest BCUT2D eigenvalue weighted by molar-refractivity contribution is 9.10. The van der Waals surface area contributed by atoms with Crippen molar-refractivity contribution in [3.05, 3.63) is 51.2 Å². The number of aromatic nitrogens is 1. The Balaban J connectivity index is 2.19. The standard InChI is InChI=1S/C15H13BrClN3O3/c1-22-12-7-10(16)6-9(13(12)23-2)8-19-20-15(21)11-4-3-5-18-14(11)17/h3-8H,1-2H3,(H,20,21).